The van der Waals surface area contributed by atoms with Crippen molar-refractivity contribution in [2.45, 2.75) is 64.1 Å². The largest absolute Gasteiger partial charge is 0.332 e. The fourth-order valence-corrected chi connectivity index (χ4v) is 4.85. The number of aromatic nitrogens is 6. The first-order valence-corrected chi connectivity index (χ1v) is 11.7. The lowest BCUT2D eigenvalue weighted by Gasteiger charge is -2.38. The number of hydrogen-bond acceptors (Lipinski definition) is 7. The van der Waals surface area contributed by atoms with Gasteiger partial charge in [0.25, 0.3) is 11.1 Å². The molecule has 4 heterocycles. The average Bonchev–Trinajstić information content (AvgIpc) is 3.36. The molecular formula is C22H32N8O4. The summed E-state index contributed by atoms with van der Waals surface area (Å²) in [6, 6.07) is 0. The summed E-state index contributed by atoms with van der Waals surface area (Å²) in [5, 5.41) is 3.38. The fraction of sp³-hybridized carbons (Fsp3) is 0.591. The third kappa shape index (κ3) is 3.66. The van der Waals surface area contributed by atoms with Crippen LogP contribution in [0.3, 0.4) is 0 Å². The number of H-pyrrole nitrogens is 2. The van der Waals surface area contributed by atoms with E-state index < -0.39 is 28.3 Å². The van der Waals surface area contributed by atoms with Crippen LogP contribution in [0.5, 0.6) is 0 Å². The molecule has 12 heteroatoms. The van der Waals surface area contributed by atoms with Gasteiger partial charge in [-0.25, -0.2) is 14.6 Å². The Morgan fingerprint density at radius 1 is 0.912 bits per heavy atom. The molecule has 0 aromatic carbocycles. The number of anilines is 2. The third-order valence-corrected chi connectivity index (χ3v) is 6.82. The summed E-state index contributed by atoms with van der Waals surface area (Å²) in [5.74, 6) is -0.665. The molecule has 0 radical (unpaired) electrons. The van der Waals surface area contributed by atoms with Crippen molar-refractivity contribution in [3.8, 4) is 0 Å². The van der Waals surface area contributed by atoms with Gasteiger partial charge in [-0.2, -0.15) is 0 Å². The van der Waals surface area contributed by atoms with E-state index >= 15 is 0 Å². The Bertz CT molecular complexity index is 1440. The van der Waals surface area contributed by atoms with Gasteiger partial charge in [-0.15, -0.1) is 0 Å². The molecule has 0 fully saturated rings. The van der Waals surface area contributed by atoms with E-state index in [-0.39, 0.29) is 11.2 Å². The Hall–Kier alpha value is -3.57. The number of aromatic amines is 2. The first kappa shape index (κ1) is 23.6. The van der Waals surface area contributed by atoms with Crippen LogP contribution < -0.4 is 32.7 Å². The molecule has 4 rings (SSSR count). The zero-order valence-corrected chi connectivity index (χ0v) is 20.1. The van der Waals surface area contributed by atoms with Crippen LogP contribution in [0.15, 0.2) is 25.5 Å². The molecule has 0 bridgehead atoms. The molecule has 0 aliphatic carbocycles. The van der Waals surface area contributed by atoms with Crippen LogP contribution in [0.25, 0.3) is 11.2 Å². The van der Waals surface area contributed by atoms with Crippen LogP contribution in [0.4, 0.5) is 11.5 Å². The molecule has 184 valence electrons. The monoisotopic (exact) mass is 472 g/mol. The Balaban J connectivity index is 1.80. The molecular weight excluding hydrogens is 440 g/mol. The number of unbranched alkanes of at least 4 members (excludes halogenated alkanes) is 6. The van der Waals surface area contributed by atoms with Crippen LogP contribution in [0, 0.1) is 0 Å². The van der Waals surface area contributed by atoms with Crippen LogP contribution in [0.1, 0.15) is 58.3 Å². The molecule has 1 aliphatic rings. The fourth-order valence-electron chi connectivity index (χ4n) is 4.85. The summed E-state index contributed by atoms with van der Waals surface area (Å²) in [6.07, 6.45) is 9.71. The van der Waals surface area contributed by atoms with Gasteiger partial charge in [0.05, 0.1) is 0 Å². The summed E-state index contributed by atoms with van der Waals surface area (Å²) >= 11 is 0. The maximum atomic E-state index is 13.1. The SMILES string of the molecule is CCCCCCCCCC1(n2cnc3c(=O)[nH]c(=O)[nH]c32)Nc2c(c(=O)n(C)c(=O)n2C)N1C. The summed E-state index contributed by atoms with van der Waals surface area (Å²) in [5.41, 5.74) is -1.45. The van der Waals surface area contributed by atoms with Gasteiger partial charge in [-0.05, 0) is 6.42 Å². The predicted octanol–water partition coefficient (Wildman–Crippen LogP) is 1.12. The van der Waals surface area contributed by atoms with E-state index in [1.807, 2.05) is 0 Å². The van der Waals surface area contributed by atoms with E-state index in [0.29, 0.717) is 17.9 Å². The molecule has 1 aliphatic heterocycles. The second kappa shape index (κ2) is 8.99. The Morgan fingerprint density at radius 2 is 1.59 bits per heavy atom. The van der Waals surface area contributed by atoms with Crippen molar-refractivity contribution in [3.63, 3.8) is 0 Å². The minimum atomic E-state index is -1.05. The highest BCUT2D eigenvalue weighted by Gasteiger charge is 2.47. The van der Waals surface area contributed by atoms with Crippen molar-refractivity contribution in [1.82, 2.24) is 28.7 Å². The number of nitrogens with one attached hydrogen (secondary N) is 3. The van der Waals surface area contributed by atoms with Crippen molar-refractivity contribution in [3.05, 3.63) is 48.0 Å². The standard InChI is InChI=1S/C22H32N8O4/c1-5-6-7-8-9-10-11-12-22(30-13-23-14-16(30)24-20(33)25-18(14)31)26-17-15(29(22)4)19(32)28(3)21(34)27(17)2/h13,26H,5-12H2,1-4H3,(H2,24,25,31,33). The first-order valence-electron chi connectivity index (χ1n) is 11.7. The van der Waals surface area contributed by atoms with Crippen molar-refractivity contribution in [2.75, 3.05) is 17.3 Å². The van der Waals surface area contributed by atoms with Crippen LogP contribution in [-0.4, -0.2) is 35.7 Å². The van der Waals surface area contributed by atoms with E-state index in [1.165, 1.54) is 37.2 Å². The quantitative estimate of drug-likeness (QED) is 0.396. The topological polar surface area (TPSA) is 143 Å². The second-order valence-corrected chi connectivity index (χ2v) is 8.99. The lowest BCUT2D eigenvalue weighted by atomic mass is 10.0. The van der Waals surface area contributed by atoms with Crippen LogP contribution in [-0.2, 0) is 19.9 Å². The number of rotatable bonds is 9. The predicted molar refractivity (Wildman–Crippen MR) is 131 cm³/mol. The van der Waals surface area contributed by atoms with Crippen molar-refractivity contribution < 1.29 is 0 Å². The summed E-state index contributed by atoms with van der Waals surface area (Å²) in [6.45, 7) is 2.19. The van der Waals surface area contributed by atoms with Crippen molar-refractivity contribution in [2.24, 2.45) is 14.1 Å². The third-order valence-electron chi connectivity index (χ3n) is 6.82. The number of nitrogens with zero attached hydrogens (tertiary/aromatic N) is 5. The average molecular weight is 473 g/mol. The second-order valence-electron chi connectivity index (χ2n) is 8.99. The Kier molecular flexibility index (Phi) is 6.24. The molecule has 0 amide bonds. The number of hydrogen-bond donors (Lipinski definition) is 3. The zero-order chi connectivity index (χ0) is 24.6. The van der Waals surface area contributed by atoms with Gasteiger partial charge in [0, 0.05) is 27.6 Å². The molecule has 3 aromatic heterocycles. The molecule has 1 atom stereocenters. The minimum absolute atomic E-state index is 0.0893. The highest BCUT2D eigenvalue weighted by atomic mass is 16.2. The van der Waals surface area contributed by atoms with Gasteiger partial charge >= 0.3 is 11.4 Å². The number of imidazole rings is 1. The van der Waals surface area contributed by atoms with Crippen molar-refractivity contribution in [1.29, 1.82) is 0 Å². The van der Waals surface area contributed by atoms with Crippen LogP contribution in [0.2, 0.25) is 0 Å². The lowest BCUT2D eigenvalue weighted by molar-refractivity contribution is 0.307. The normalized spacial score (nSPS) is 17.4. The van der Waals surface area contributed by atoms with Gasteiger partial charge in [0.15, 0.2) is 17.0 Å². The molecule has 0 spiro atoms. The van der Waals surface area contributed by atoms with Gasteiger partial charge in [0.1, 0.15) is 17.8 Å². The Labute approximate surface area is 195 Å². The number of fused-ring (bicyclic) bond motifs is 2. The lowest BCUT2D eigenvalue weighted by Crippen LogP contribution is -2.52. The molecule has 3 aromatic rings. The highest BCUT2D eigenvalue weighted by Crippen LogP contribution is 2.42. The maximum Gasteiger partial charge on any atom is 0.332 e. The zero-order valence-electron chi connectivity index (χ0n) is 20.1. The minimum Gasteiger partial charge on any atom is -0.329 e. The first-order chi connectivity index (χ1) is 16.2. The molecule has 12 nitrogen and oxygen atoms in total. The van der Waals surface area contributed by atoms with E-state index in [2.05, 4.69) is 27.2 Å². The molecule has 1 unspecified atom stereocenters. The van der Waals surface area contributed by atoms with Crippen molar-refractivity contribution >= 4 is 22.7 Å². The van der Waals surface area contributed by atoms with Gasteiger partial charge < -0.3 is 10.2 Å². The maximum absolute atomic E-state index is 13.1. The molecule has 0 saturated carbocycles. The molecule has 0 saturated heterocycles. The van der Waals surface area contributed by atoms with E-state index in [0.717, 1.165) is 30.3 Å². The Morgan fingerprint density at radius 3 is 2.29 bits per heavy atom. The van der Waals surface area contributed by atoms with Gasteiger partial charge in [0.2, 0.25) is 0 Å². The van der Waals surface area contributed by atoms with E-state index in [4.69, 9.17) is 0 Å². The van der Waals surface area contributed by atoms with Crippen LogP contribution >= 0.6 is 0 Å². The molecule has 3 N–H and O–H groups in total. The summed E-state index contributed by atoms with van der Waals surface area (Å²) in [7, 11) is 4.81. The summed E-state index contributed by atoms with van der Waals surface area (Å²) in [4.78, 5) is 61.0. The van der Waals surface area contributed by atoms with Gasteiger partial charge in [-0.3, -0.25) is 33.3 Å². The van der Waals surface area contributed by atoms with E-state index in [9.17, 15) is 19.2 Å². The van der Waals surface area contributed by atoms with E-state index in [1.54, 1.807) is 23.6 Å². The smallest absolute Gasteiger partial charge is 0.329 e. The summed E-state index contributed by atoms with van der Waals surface area (Å²) < 4.78 is 4.15. The van der Waals surface area contributed by atoms with Gasteiger partial charge in [-0.1, -0.05) is 45.4 Å². The highest BCUT2D eigenvalue weighted by molar-refractivity contribution is 5.75. The molecule has 34 heavy (non-hydrogen) atoms.